The van der Waals surface area contributed by atoms with Gasteiger partial charge in [-0.15, -0.1) is 0 Å². The molecule has 0 bridgehead atoms. The van der Waals surface area contributed by atoms with Crippen LogP contribution in [0.2, 0.25) is 0 Å². The van der Waals surface area contributed by atoms with Crippen LogP contribution in [-0.2, 0) is 9.05 Å². The molecular formula is C7H19BNO4P. The number of carbonyl (C=O) groups excluding carboxylic acids is 1. The third-order valence-electron chi connectivity index (χ3n) is 0.905. The molecule has 7 heteroatoms. The molecule has 14 heavy (non-hydrogen) atoms. The standard InChI is InChI=1S/C4H11O3P.C3H8BNO/c1-3-6-8(5)7-4-2;1-2-5-3(4)6/h5H,3-4H2,1-2H3;2,4H2,1H3,(H,5,6). The Morgan fingerprint density at radius 2 is 1.79 bits per heavy atom. The van der Waals surface area contributed by atoms with Crippen molar-refractivity contribution in [3.8, 4) is 0 Å². The smallest absolute Gasteiger partial charge is 0.329 e. The maximum Gasteiger partial charge on any atom is 0.329 e. The molecule has 0 spiro atoms. The fourth-order valence-electron chi connectivity index (χ4n) is 0.507. The van der Waals surface area contributed by atoms with Crippen molar-refractivity contribution in [1.29, 1.82) is 0 Å². The molecule has 0 fully saturated rings. The Morgan fingerprint density at radius 1 is 1.36 bits per heavy atom. The van der Waals surface area contributed by atoms with Crippen LogP contribution in [0.3, 0.4) is 0 Å². The molecule has 0 aromatic heterocycles. The van der Waals surface area contributed by atoms with Gasteiger partial charge in [-0.1, -0.05) is 0 Å². The Labute approximate surface area is 87.6 Å². The zero-order valence-corrected chi connectivity index (χ0v) is 10.1. The molecular weight excluding hydrogens is 204 g/mol. The van der Waals surface area contributed by atoms with Gasteiger partial charge in [-0.3, -0.25) is 4.79 Å². The fraction of sp³-hybridized carbons (Fsp3) is 0.857. The molecule has 0 atom stereocenters. The van der Waals surface area contributed by atoms with Crippen molar-refractivity contribution < 1.29 is 18.7 Å². The van der Waals surface area contributed by atoms with E-state index in [0.717, 1.165) is 6.54 Å². The molecule has 0 saturated carbocycles. The van der Waals surface area contributed by atoms with E-state index in [4.69, 9.17) is 4.89 Å². The molecule has 0 aliphatic rings. The van der Waals surface area contributed by atoms with E-state index in [9.17, 15) is 4.79 Å². The largest absolute Gasteiger partial charge is 0.366 e. The van der Waals surface area contributed by atoms with E-state index in [-0.39, 0.29) is 5.81 Å². The summed E-state index contributed by atoms with van der Waals surface area (Å²) in [5.41, 5.74) is 0. The highest BCUT2D eigenvalue weighted by Gasteiger charge is 2.00. The quantitative estimate of drug-likeness (QED) is 0.529. The lowest BCUT2D eigenvalue weighted by Gasteiger charge is -2.05. The lowest BCUT2D eigenvalue weighted by Crippen LogP contribution is -2.20. The van der Waals surface area contributed by atoms with Crippen LogP contribution in [-0.4, -0.2) is 38.3 Å². The van der Waals surface area contributed by atoms with E-state index in [2.05, 4.69) is 14.4 Å². The van der Waals surface area contributed by atoms with E-state index < -0.39 is 8.60 Å². The highest BCUT2D eigenvalue weighted by atomic mass is 31.2. The summed E-state index contributed by atoms with van der Waals surface area (Å²) in [4.78, 5) is 18.6. The number of nitrogens with one attached hydrogen (secondary N) is 1. The lowest BCUT2D eigenvalue weighted by atomic mass is 10.1. The molecule has 84 valence electrons. The maximum absolute atomic E-state index is 9.93. The summed E-state index contributed by atoms with van der Waals surface area (Å²) in [5, 5.41) is 2.57. The SMILES string of the molecule is BC(=O)NCC.CCOP(O)OCC. The number of hydrogen-bond donors (Lipinski definition) is 2. The zero-order valence-electron chi connectivity index (χ0n) is 9.24. The fourth-order valence-corrected chi connectivity index (χ4v) is 1.02. The molecule has 0 aliphatic heterocycles. The minimum atomic E-state index is -1.58. The predicted octanol–water partition coefficient (Wildman–Crippen LogP) is 0.628. The summed E-state index contributed by atoms with van der Waals surface area (Å²) in [6, 6.07) is 0. The van der Waals surface area contributed by atoms with Crippen LogP contribution >= 0.6 is 8.60 Å². The maximum atomic E-state index is 9.93. The first-order chi connectivity index (χ1) is 6.58. The second-order valence-electron chi connectivity index (χ2n) is 2.16. The van der Waals surface area contributed by atoms with Gasteiger partial charge in [-0.05, 0) is 20.8 Å². The van der Waals surface area contributed by atoms with E-state index in [1.54, 1.807) is 0 Å². The van der Waals surface area contributed by atoms with Crippen molar-refractivity contribution >= 4 is 22.3 Å². The summed E-state index contributed by atoms with van der Waals surface area (Å²) < 4.78 is 9.36. The van der Waals surface area contributed by atoms with E-state index in [0.29, 0.717) is 13.2 Å². The third-order valence-corrected chi connectivity index (χ3v) is 1.86. The lowest BCUT2D eigenvalue weighted by molar-refractivity contribution is 0.216. The summed E-state index contributed by atoms with van der Waals surface area (Å²) in [7, 11) is -0.0773. The van der Waals surface area contributed by atoms with Crippen LogP contribution in [0.15, 0.2) is 0 Å². The summed E-state index contributed by atoms with van der Waals surface area (Å²) in [6.45, 7) is 7.25. The van der Waals surface area contributed by atoms with Crippen LogP contribution in [0.25, 0.3) is 0 Å². The molecule has 0 aliphatic carbocycles. The van der Waals surface area contributed by atoms with E-state index in [1.165, 1.54) is 7.85 Å². The van der Waals surface area contributed by atoms with Crippen molar-refractivity contribution in [2.24, 2.45) is 0 Å². The molecule has 0 unspecified atom stereocenters. The highest BCUT2D eigenvalue weighted by molar-refractivity contribution is 7.40. The monoisotopic (exact) mass is 223 g/mol. The van der Waals surface area contributed by atoms with Crippen molar-refractivity contribution in [3.05, 3.63) is 0 Å². The van der Waals surface area contributed by atoms with Gasteiger partial charge in [0, 0.05) is 6.54 Å². The molecule has 5 nitrogen and oxygen atoms in total. The zero-order chi connectivity index (χ0) is 11.4. The third kappa shape index (κ3) is 17.8. The van der Waals surface area contributed by atoms with Gasteiger partial charge in [0.05, 0.1) is 13.2 Å². The number of hydrogen-bond acceptors (Lipinski definition) is 4. The highest BCUT2D eigenvalue weighted by Crippen LogP contribution is 2.31. The molecule has 0 aromatic rings. The van der Waals surface area contributed by atoms with Gasteiger partial charge in [0.2, 0.25) is 7.85 Å². The molecule has 2 N–H and O–H groups in total. The van der Waals surface area contributed by atoms with Crippen molar-refractivity contribution in [2.75, 3.05) is 19.8 Å². The van der Waals surface area contributed by atoms with E-state index in [1.807, 2.05) is 20.8 Å². The molecule has 0 heterocycles. The summed E-state index contributed by atoms with van der Waals surface area (Å²) >= 11 is 0. The Morgan fingerprint density at radius 3 is 1.93 bits per heavy atom. The second-order valence-corrected chi connectivity index (χ2v) is 3.15. The van der Waals surface area contributed by atoms with Crippen molar-refractivity contribution in [3.63, 3.8) is 0 Å². The number of rotatable bonds is 5. The minimum absolute atomic E-state index is 0.0394. The number of amides is 1. The summed E-state index contributed by atoms with van der Waals surface area (Å²) in [5.74, 6) is 0.0394. The van der Waals surface area contributed by atoms with E-state index >= 15 is 0 Å². The number of carbonyl (C=O) groups is 1. The van der Waals surface area contributed by atoms with Crippen molar-refractivity contribution in [2.45, 2.75) is 20.8 Å². The van der Waals surface area contributed by atoms with Gasteiger partial charge in [-0.25, -0.2) is 0 Å². The molecule has 0 saturated heterocycles. The Hall–Kier alpha value is -0.155. The van der Waals surface area contributed by atoms with Crippen LogP contribution < -0.4 is 5.32 Å². The van der Waals surface area contributed by atoms with Crippen LogP contribution in [0, 0.1) is 0 Å². The summed E-state index contributed by atoms with van der Waals surface area (Å²) in [6.07, 6.45) is 0. The van der Waals surface area contributed by atoms with Gasteiger partial charge >= 0.3 is 8.60 Å². The van der Waals surface area contributed by atoms with Gasteiger partial charge < -0.3 is 19.3 Å². The normalized spacial score (nSPS) is 9.21. The average molecular weight is 223 g/mol. The van der Waals surface area contributed by atoms with Gasteiger partial charge in [0.1, 0.15) is 0 Å². The topological polar surface area (TPSA) is 67.8 Å². The second kappa shape index (κ2) is 12.8. The minimum Gasteiger partial charge on any atom is -0.366 e. The predicted molar refractivity (Wildman–Crippen MR) is 60.0 cm³/mol. The van der Waals surface area contributed by atoms with Crippen molar-refractivity contribution in [1.82, 2.24) is 5.32 Å². The first-order valence-corrected chi connectivity index (χ1v) is 5.70. The molecule has 0 rings (SSSR count). The molecule has 1 amide bonds. The first-order valence-electron chi connectivity index (χ1n) is 4.57. The molecule has 0 aromatic carbocycles. The molecule has 0 radical (unpaired) electrons. The Bertz CT molecular complexity index is 133. The van der Waals surface area contributed by atoms with Crippen LogP contribution in [0.4, 0.5) is 4.79 Å². The Kier molecular flexibility index (Phi) is 14.9. The van der Waals surface area contributed by atoms with Gasteiger partial charge in [0.25, 0.3) is 0 Å². The van der Waals surface area contributed by atoms with Gasteiger partial charge in [-0.2, -0.15) is 0 Å². The van der Waals surface area contributed by atoms with Crippen LogP contribution in [0.1, 0.15) is 20.8 Å². The van der Waals surface area contributed by atoms with Crippen LogP contribution in [0.5, 0.6) is 0 Å². The van der Waals surface area contributed by atoms with Gasteiger partial charge in [0.15, 0.2) is 5.81 Å². The Balaban J connectivity index is 0. The first kappa shape index (κ1) is 16.3. The average Bonchev–Trinajstić information content (AvgIpc) is 2.05.